The molecule has 0 saturated heterocycles. The number of nitrogens with zero attached hydrogens (tertiary/aromatic N) is 2. The molecule has 132 valence electrons. The van der Waals surface area contributed by atoms with Crippen molar-refractivity contribution >= 4 is 39.3 Å². The van der Waals surface area contributed by atoms with E-state index in [4.69, 9.17) is 20.5 Å². The van der Waals surface area contributed by atoms with Gasteiger partial charge >= 0.3 is 11.9 Å². The molecule has 1 aromatic carbocycles. The van der Waals surface area contributed by atoms with Crippen LogP contribution in [0.3, 0.4) is 0 Å². The maximum absolute atomic E-state index is 12.1. The van der Waals surface area contributed by atoms with Gasteiger partial charge in [0.15, 0.2) is 11.3 Å². The molecule has 1 aromatic rings. The van der Waals surface area contributed by atoms with Crippen LogP contribution in [0.1, 0.15) is 13.8 Å². The SMILES string of the molecule is CCOC(=O)C(=NNc1ccc(Br)cc1)/C(N)=C(/C#N)C(=O)OCC. The third-order valence-electron chi connectivity index (χ3n) is 2.73. The molecular weight excluding hydrogens is 392 g/mol. The molecule has 0 amide bonds. The fourth-order valence-corrected chi connectivity index (χ4v) is 1.86. The summed E-state index contributed by atoms with van der Waals surface area (Å²) >= 11 is 3.30. The average molecular weight is 409 g/mol. The zero-order valence-electron chi connectivity index (χ0n) is 13.7. The molecule has 0 heterocycles. The van der Waals surface area contributed by atoms with E-state index in [9.17, 15) is 9.59 Å². The first kappa shape index (κ1) is 20.2. The molecule has 0 aliphatic carbocycles. The van der Waals surface area contributed by atoms with E-state index >= 15 is 0 Å². The molecule has 0 bridgehead atoms. The van der Waals surface area contributed by atoms with Crippen molar-refractivity contribution < 1.29 is 19.1 Å². The van der Waals surface area contributed by atoms with Gasteiger partial charge in [0, 0.05) is 4.47 Å². The van der Waals surface area contributed by atoms with Gasteiger partial charge in [-0.2, -0.15) is 10.4 Å². The van der Waals surface area contributed by atoms with E-state index in [-0.39, 0.29) is 13.2 Å². The Bertz CT molecular complexity index is 735. The second kappa shape index (κ2) is 10.1. The maximum Gasteiger partial charge on any atom is 0.360 e. The minimum absolute atomic E-state index is 0.0559. The Morgan fingerprint density at radius 3 is 2.28 bits per heavy atom. The first-order valence-corrected chi connectivity index (χ1v) is 8.07. The van der Waals surface area contributed by atoms with Crippen molar-refractivity contribution in [1.29, 1.82) is 5.26 Å². The Labute approximate surface area is 153 Å². The van der Waals surface area contributed by atoms with Gasteiger partial charge in [0.1, 0.15) is 6.07 Å². The van der Waals surface area contributed by atoms with Crippen LogP contribution in [0.2, 0.25) is 0 Å². The third kappa shape index (κ3) is 5.93. The highest BCUT2D eigenvalue weighted by Crippen LogP contribution is 2.14. The molecule has 9 heteroatoms. The van der Waals surface area contributed by atoms with Crippen molar-refractivity contribution in [3.63, 3.8) is 0 Å². The Hall–Kier alpha value is -2.86. The van der Waals surface area contributed by atoms with E-state index in [1.165, 1.54) is 0 Å². The summed E-state index contributed by atoms with van der Waals surface area (Å²) in [5.74, 6) is -1.81. The fraction of sp³-hybridized carbons (Fsp3) is 0.250. The number of nitrogens with one attached hydrogen (secondary N) is 1. The number of rotatable bonds is 7. The lowest BCUT2D eigenvalue weighted by molar-refractivity contribution is -0.138. The molecule has 25 heavy (non-hydrogen) atoms. The van der Waals surface area contributed by atoms with Crippen LogP contribution in [0.15, 0.2) is 45.1 Å². The molecule has 8 nitrogen and oxygen atoms in total. The number of esters is 2. The lowest BCUT2D eigenvalue weighted by Gasteiger charge is -2.09. The number of nitrogens with two attached hydrogens (primary N) is 1. The quantitative estimate of drug-likeness (QED) is 0.232. The van der Waals surface area contributed by atoms with E-state index in [0.717, 1.165) is 4.47 Å². The van der Waals surface area contributed by atoms with Gasteiger partial charge in [0.25, 0.3) is 0 Å². The minimum Gasteiger partial charge on any atom is -0.462 e. The molecule has 0 saturated carbocycles. The number of benzene rings is 1. The van der Waals surface area contributed by atoms with Crippen LogP contribution >= 0.6 is 15.9 Å². The lowest BCUT2D eigenvalue weighted by atomic mass is 10.1. The van der Waals surface area contributed by atoms with Gasteiger partial charge in [-0.05, 0) is 38.1 Å². The molecular formula is C16H17BrN4O4. The summed E-state index contributed by atoms with van der Waals surface area (Å²) in [6.07, 6.45) is 0. The summed E-state index contributed by atoms with van der Waals surface area (Å²) in [5.41, 5.74) is 7.65. The number of anilines is 1. The van der Waals surface area contributed by atoms with Crippen LogP contribution in [0.4, 0.5) is 5.69 Å². The van der Waals surface area contributed by atoms with Crippen molar-refractivity contribution in [3.05, 3.63) is 40.0 Å². The highest BCUT2D eigenvalue weighted by atomic mass is 79.9. The second-order valence-corrected chi connectivity index (χ2v) is 5.34. The zero-order chi connectivity index (χ0) is 18.8. The molecule has 0 fully saturated rings. The molecule has 0 radical (unpaired) electrons. The Kier molecular flexibility index (Phi) is 8.15. The van der Waals surface area contributed by atoms with Crippen LogP contribution in [0, 0.1) is 11.3 Å². The summed E-state index contributed by atoms with van der Waals surface area (Å²) in [4.78, 5) is 23.9. The Morgan fingerprint density at radius 1 is 1.20 bits per heavy atom. The molecule has 0 aliphatic heterocycles. The number of hydrogen-bond donors (Lipinski definition) is 2. The monoisotopic (exact) mass is 408 g/mol. The van der Waals surface area contributed by atoms with Gasteiger partial charge in [-0.15, -0.1) is 0 Å². The predicted octanol–water partition coefficient (Wildman–Crippen LogP) is 2.08. The molecule has 0 aliphatic rings. The lowest BCUT2D eigenvalue weighted by Crippen LogP contribution is -2.28. The highest BCUT2D eigenvalue weighted by Gasteiger charge is 2.24. The van der Waals surface area contributed by atoms with Crippen LogP contribution in [0.25, 0.3) is 0 Å². The molecule has 3 N–H and O–H groups in total. The minimum atomic E-state index is -0.942. The normalized spacial score (nSPS) is 11.8. The number of hydrazone groups is 1. The van der Waals surface area contributed by atoms with Crippen molar-refractivity contribution in [2.75, 3.05) is 18.6 Å². The molecule has 1 rings (SSSR count). The molecule has 0 atom stereocenters. The first-order valence-electron chi connectivity index (χ1n) is 7.28. The molecule has 0 spiro atoms. The van der Waals surface area contributed by atoms with E-state index in [1.807, 2.05) is 0 Å². The van der Waals surface area contributed by atoms with Crippen molar-refractivity contribution in [2.45, 2.75) is 13.8 Å². The molecule has 0 aromatic heterocycles. The number of hydrogen-bond acceptors (Lipinski definition) is 8. The highest BCUT2D eigenvalue weighted by molar-refractivity contribution is 9.10. The largest absolute Gasteiger partial charge is 0.462 e. The standard InChI is InChI=1S/C16H17BrN4O4/c1-3-24-15(22)12(9-18)13(19)14(16(23)25-4-2)21-20-11-7-5-10(17)6-8-11/h5-8,20H,3-4,19H2,1-2H3/b13-12+,21-14?. The van der Waals surface area contributed by atoms with Gasteiger partial charge in [-0.25, -0.2) is 9.59 Å². The number of halogens is 1. The number of carbonyl (C=O) groups is 2. The number of nitriles is 1. The van der Waals surface area contributed by atoms with Gasteiger partial charge < -0.3 is 15.2 Å². The third-order valence-corrected chi connectivity index (χ3v) is 3.25. The number of carbonyl (C=O) groups excluding carboxylic acids is 2. The van der Waals surface area contributed by atoms with E-state index < -0.39 is 28.9 Å². The van der Waals surface area contributed by atoms with Crippen molar-refractivity contribution in [1.82, 2.24) is 0 Å². The summed E-state index contributed by atoms with van der Waals surface area (Å²) < 4.78 is 10.5. The fourth-order valence-electron chi connectivity index (χ4n) is 1.60. The van der Waals surface area contributed by atoms with Crippen molar-refractivity contribution in [3.8, 4) is 6.07 Å². The van der Waals surface area contributed by atoms with Crippen LogP contribution in [0.5, 0.6) is 0 Å². The summed E-state index contributed by atoms with van der Waals surface area (Å²) in [7, 11) is 0. The van der Waals surface area contributed by atoms with E-state index in [1.54, 1.807) is 44.2 Å². The van der Waals surface area contributed by atoms with Crippen LogP contribution in [-0.2, 0) is 19.1 Å². The average Bonchev–Trinajstić information content (AvgIpc) is 2.58. The van der Waals surface area contributed by atoms with E-state index in [2.05, 4.69) is 26.5 Å². The topological polar surface area (TPSA) is 127 Å². The summed E-state index contributed by atoms with van der Waals surface area (Å²) in [5, 5.41) is 13.0. The number of ether oxygens (including phenoxy) is 2. The summed E-state index contributed by atoms with van der Waals surface area (Å²) in [6.45, 7) is 3.32. The predicted molar refractivity (Wildman–Crippen MR) is 95.3 cm³/mol. The van der Waals surface area contributed by atoms with Gasteiger partial charge in [0.2, 0.25) is 0 Å². The summed E-state index contributed by atoms with van der Waals surface area (Å²) in [6, 6.07) is 8.56. The smallest absolute Gasteiger partial charge is 0.360 e. The molecule has 0 unspecified atom stereocenters. The maximum atomic E-state index is 12.1. The van der Waals surface area contributed by atoms with Gasteiger partial charge in [-0.1, -0.05) is 15.9 Å². The van der Waals surface area contributed by atoms with Gasteiger partial charge in [0.05, 0.1) is 24.6 Å². The van der Waals surface area contributed by atoms with Gasteiger partial charge in [-0.3, -0.25) is 5.43 Å². The van der Waals surface area contributed by atoms with Crippen molar-refractivity contribution in [2.24, 2.45) is 10.8 Å². The van der Waals surface area contributed by atoms with E-state index in [0.29, 0.717) is 5.69 Å². The van der Waals surface area contributed by atoms with Crippen LogP contribution < -0.4 is 11.2 Å². The van der Waals surface area contributed by atoms with Crippen LogP contribution in [-0.4, -0.2) is 30.9 Å². The second-order valence-electron chi connectivity index (χ2n) is 4.42. The Balaban J connectivity index is 3.24. The zero-order valence-corrected chi connectivity index (χ0v) is 15.3. The first-order chi connectivity index (χ1) is 11.9. The Morgan fingerprint density at radius 2 is 1.76 bits per heavy atom.